The molecule has 2 aromatic carbocycles. The Morgan fingerprint density at radius 3 is 2.61 bits per heavy atom. The van der Waals surface area contributed by atoms with Crippen LogP contribution in [0.5, 0.6) is 11.5 Å². The van der Waals surface area contributed by atoms with Crippen molar-refractivity contribution in [3.05, 3.63) is 60.2 Å². The number of benzene rings is 2. The monoisotopic (exact) mass is 491 g/mol. The molecular formula is C28H33N3O5. The fourth-order valence-corrected chi connectivity index (χ4v) is 4.95. The van der Waals surface area contributed by atoms with Gasteiger partial charge in [0.05, 0.1) is 31.9 Å². The topological polar surface area (TPSA) is 97.0 Å². The van der Waals surface area contributed by atoms with Gasteiger partial charge in [0, 0.05) is 12.1 Å². The summed E-state index contributed by atoms with van der Waals surface area (Å²) in [4.78, 5) is 41.2. The van der Waals surface area contributed by atoms with Crippen molar-refractivity contribution in [2.45, 2.75) is 57.2 Å². The molecule has 0 spiro atoms. The number of hydrogen-bond donors (Lipinski definition) is 2. The van der Waals surface area contributed by atoms with Gasteiger partial charge < -0.3 is 25.0 Å². The van der Waals surface area contributed by atoms with Gasteiger partial charge >= 0.3 is 0 Å². The van der Waals surface area contributed by atoms with Gasteiger partial charge in [0.25, 0.3) is 0 Å². The Balaban J connectivity index is 1.54. The number of nitrogens with one attached hydrogen (secondary N) is 2. The summed E-state index contributed by atoms with van der Waals surface area (Å²) < 4.78 is 10.8. The van der Waals surface area contributed by atoms with Gasteiger partial charge in [-0.05, 0) is 55.7 Å². The number of carbonyl (C=O) groups is 3. The molecule has 4 rings (SSSR count). The van der Waals surface area contributed by atoms with Crippen LogP contribution >= 0.6 is 0 Å². The normalized spacial score (nSPS) is 21.4. The smallest absolute Gasteiger partial charge is 0.247 e. The van der Waals surface area contributed by atoms with E-state index >= 15 is 0 Å². The first-order chi connectivity index (χ1) is 17.5. The van der Waals surface area contributed by atoms with Crippen molar-refractivity contribution in [3.63, 3.8) is 0 Å². The lowest BCUT2D eigenvalue weighted by Crippen LogP contribution is -2.67. The number of fused-ring (bicyclic) bond motifs is 1. The van der Waals surface area contributed by atoms with Crippen molar-refractivity contribution < 1.29 is 23.9 Å². The number of rotatable bonds is 8. The minimum absolute atomic E-state index is 0.0948. The Bertz CT molecular complexity index is 1110. The minimum atomic E-state index is -0.892. The zero-order chi connectivity index (χ0) is 25.5. The van der Waals surface area contributed by atoms with Crippen LogP contribution in [0.4, 0.5) is 5.69 Å². The van der Waals surface area contributed by atoms with E-state index in [1.165, 1.54) is 6.08 Å². The second kappa shape index (κ2) is 11.7. The van der Waals surface area contributed by atoms with E-state index in [1.54, 1.807) is 36.3 Å². The highest BCUT2D eigenvalue weighted by Gasteiger charge is 2.45. The molecule has 0 radical (unpaired) electrons. The number of hydrogen-bond acceptors (Lipinski definition) is 5. The average molecular weight is 492 g/mol. The van der Waals surface area contributed by atoms with Gasteiger partial charge in [0.2, 0.25) is 17.7 Å². The van der Waals surface area contributed by atoms with E-state index in [4.69, 9.17) is 9.47 Å². The second-order valence-corrected chi connectivity index (χ2v) is 9.02. The van der Waals surface area contributed by atoms with Crippen LogP contribution < -0.4 is 20.1 Å². The lowest BCUT2D eigenvalue weighted by molar-refractivity contribution is -0.148. The van der Waals surface area contributed by atoms with E-state index in [2.05, 4.69) is 10.6 Å². The van der Waals surface area contributed by atoms with Crippen LogP contribution in [0.15, 0.2) is 54.6 Å². The van der Waals surface area contributed by atoms with Gasteiger partial charge in [-0.15, -0.1) is 0 Å². The molecule has 8 nitrogen and oxygen atoms in total. The highest BCUT2D eigenvalue weighted by atomic mass is 16.5. The van der Waals surface area contributed by atoms with E-state index in [-0.39, 0.29) is 36.2 Å². The Morgan fingerprint density at radius 2 is 1.86 bits per heavy atom. The molecule has 2 fully saturated rings. The molecule has 2 aliphatic rings. The first-order valence-electron chi connectivity index (χ1n) is 12.5. The largest absolute Gasteiger partial charge is 0.497 e. The van der Waals surface area contributed by atoms with E-state index in [9.17, 15) is 14.4 Å². The van der Waals surface area contributed by atoms with E-state index in [0.29, 0.717) is 18.0 Å². The molecule has 190 valence electrons. The third-order valence-corrected chi connectivity index (χ3v) is 6.68. The summed E-state index contributed by atoms with van der Waals surface area (Å²) in [5.41, 5.74) is 1.38. The zero-order valence-corrected chi connectivity index (χ0v) is 20.7. The van der Waals surface area contributed by atoms with Gasteiger partial charge in [-0.3, -0.25) is 14.4 Å². The summed E-state index contributed by atoms with van der Waals surface area (Å²) in [5, 5.41) is 5.92. The molecular weight excluding hydrogens is 458 g/mol. The number of nitrogens with zero attached hydrogens (tertiary/aromatic N) is 1. The van der Waals surface area contributed by atoms with E-state index in [1.807, 2.05) is 37.3 Å². The van der Waals surface area contributed by atoms with Crippen molar-refractivity contribution in [1.82, 2.24) is 10.2 Å². The highest BCUT2D eigenvalue weighted by molar-refractivity contribution is 6.01. The molecule has 3 atom stereocenters. The maximum absolute atomic E-state index is 13.5. The first kappa shape index (κ1) is 25.3. The molecule has 1 saturated carbocycles. The van der Waals surface area contributed by atoms with Crippen molar-refractivity contribution in [3.8, 4) is 11.5 Å². The van der Waals surface area contributed by atoms with Crippen molar-refractivity contribution in [2.75, 3.05) is 19.0 Å². The van der Waals surface area contributed by atoms with Gasteiger partial charge in [-0.25, -0.2) is 0 Å². The molecule has 1 saturated heterocycles. The SMILES string of the molecule is CCOc1ccccc1NC(=O)CC1C(=O)NC2CCCCC2N1C(=O)/C=C/c1ccc(OC)cc1. The number of piperazine rings is 1. The molecule has 1 aliphatic carbocycles. The highest BCUT2D eigenvalue weighted by Crippen LogP contribution is 2.31. The van der Waals surface area contributed by atoms with Crippen LogP contribution in [0.2, 0.25) is 0 Å². The number of para-hydroxylation sites is 2. The summed E-state index contributed by atoms with van der Waals surface area (Å²) in [6.07, 6.45) is 6.66. The molecule has 3 unspecified atom stereocenters. The van der Waals surface area contributed by atoms with Gasteiger partial charge in [0.15, 0.2) is 0 Å². The summed E-state index contributed by atoms with van der Waals surface area (Å²) in [6.45, 7) is 2.33. The molecule has 36 heavy (non-hydrogen) atoms. The van der Waals surface area contributed by atoms with Crippen LogP contribution in [0, 0.1) is 0 Å². The molecule has 1 aliphatic heterocycles. The Kier molecular flexibility index (Phi) is 8.25. The van der Waals surface area contributed by atoms with Crippen LogP contribution in [-0.2, 0) is 14.4 Å². The number of amides is 3. The molecule has 0 aromatic heterocycles. The number of methoxy groups -OCH3 is 1. The van der Waals surface area contributed by atoms with Gasteiger partial charge in [-0.1, -0.05) is 37.1 Å². The Labute approximate surface area is 211 Å². The molecule has 2 aromatic rings. The van der Waals surface area contributed by atoms with Crippen LogP contribution in [0.25, 0.3) is 6.08 Å². The Morgan fingerprint density at radius 1 is 1.11 bits per heavy atom. The predicted molar refractivity (Wildman–Crippen MR) is 138 cm³/mol. The average Bonchev–Trinajstić information content (AvgIpc) is 2.89. The van der Waals surface area contributed by atoms with Crippen LogP contribution in [-0.4, -0.2) is 54.5 Å². The zero-order valence-electron chi connectivity index (χ0n) is 20.7. The van der Waals surface area contributed by atoms with Gasteiger partial charge in [0.1, 0.15) is 17.5 Å². The predicted octanol–water partition coefficient (Wildman–Crippen LogP) is 3.77. The molecule has 0 bridgehead atoms. The van der Waals surface area contributed by atoms with Gasteiger partial charge in [-0.2, -0.15) is 0 Å². The molecule has 8 heteroatoms. The van der Waals surface area contributed by atoms with Crippen LogP contribution in [0.1, 0.15) is 44.6 Å². The summed E-state index contributed by atoms with van der Waals surface area (Å²) in [5.74, 6) is 0.369. The molecule has 1 heterocycles. The first-order valence-corrected chi connectivity index (χ1v) is 12.5. The summed E-state index contributed by atoms with van der Waals surface area (Å²) in [7, 11) is 1.60. The minimum Gasteiger partial charge on any atom is -0.497 e. The Hall–Kier alpha value is -3.81. The second-order valence-electron chi connectivity index (χ2n) is 9.02. The van der Waals surface area contributed by atoms with Crippen molar-refractivity contribution >= 4 is 29.5 Å². The van der Waals surface area contributed by atoms with Crippen LogP contribution in [0.3, 0.4) is 0 Å². The van der Waals surface area contributed by atoms with E-state index in [0.717, 1.165) is 37.0 Å². The number of ether oxygens (including phenoxy) is 2. The molecule has 2 N–H and O–H groups in total. The fraction of sp³-hybridized carbons (Fsp3) is 0.393. The lowest BCUT2D eigenvalue weighted by Gasteiger charge is -2.47. The third kappa shape index (κ3) is 5.87. The van der Waals surface area contributed by atoms with E-state index < -0.39 is 6.04 Å². The van der Waals surface area contributed by atoms with Crippen molar-refractivity contribution in [2.24, 2.45) is 0 Å². The molecule has 3 amide bonds. The fourth-order valence-electron chi connectivity index (χ4n) is 4.95. The number of carbonyl (C=O) groups excluding carboxylic acids is 3. The quantitative estimate of drug-likeness (QED) is 0.548. The summed E-state index contributed by atoms with van der Waals surface area (Å²) >= 11 is 0. The summed E-state index contributed by atoms with van der Waals surface area (Å²) in [6, 6.07) is 13.4. The van der Waals surface area contributed by atoms with Crippen molar-refractivity contribution in [1.29, 1.82) is 0 Å². The maximum Gasteiger partial charge on any atom is 0.247 e. The standard InChI is InChI=1S/C28H33N3O5/c1-3-36-25-11-7-5-9-22(25)29-26(32)18-24-28(34)30-21-8-4-6-10-23(21)31(24)27(33)17-14-19-12-15-20(35-2)16-13-19/h5,7,9,11-17,21,23-24H,3-4,6,8,10,18H2,1-2H3,(H,29,32)(H,30,34)/b17-14+. The maximum atomic E-state index is 13.5. The lowest BCUT2D eigenvalue weighted by atomic mass is 9.85. The third-order valence-electron chi connectivity index (χ3n) is 6.68. The number of anilines is 1.